The van der Waals surface area contributed by atoms with Gasteiger partial charge in [-0.05, 0) is 39.0 Å². The Labute approximate surface area is 117 Å². The van der Waals surface area contributed by atoms with Gasteiger partial charge in [0.15, 0.2) is 0 Å². The molecular weight excluding hydrogens is 240 g/mol. The Morgan fingerprint density at radius 1 is 1.37 bits per heavy atom. The minimum absolute atomic E-state index is 0.0525. The van der Waals surface area contributed by atoms with Crippen LogP contribution in [0.15, 0.2) is 0 Å². The van der Waals surface area contributed by atoms with E-state index in [4.69, 9.17) is 10.5 Å². The number of rotatable bonds is 8. The summed E-state index contributed by atoms with van der Waals surface area (Å²) in [4.78, 5) is 11.8. The highest BCUT2D eigenvalue weighted by Gasteiger charge is 2.25. The van der Waals surface area contributed by atoms with Crippen LogP contribution in [0.3, 0.4) is 0 Å². The van der Waals surface area contributed by atoms with Gasteiger partial charge in [0.05, 0.1) is 6.10 Å². The van der Waals surface area contributed by atoms with E-state index in [0.29, 0.717) is 18.6 Å². The zero-order valence-corrected chi connectivity index (χ0v) is 12.7. The fourth-order valence-electron chi connectivity index (χ4n) is 2.74. The van der Waals surface area contributed by atoms with Gasteiger partial charge in [-0.3, -0.25) is 4.79 Å². The van der Waals surface area contributed by atoms with E-state index in [1.807, 2.05) is 20.8 Å². The van der Waals surface area contributed by atoms with Gasteiger partial charge in [-0.1, -0.05) is 19.8 Å². The Kier molecular flexibility index (Phi) is 7.39. The number of carbonyl (C=O) groups excluding carboxylic acids is 1. The Bertz CT molecular complexity index is 263. The number of amides is 1. The van der Waals surface area contributed by atoms with Crippen molar-refractivity contribution >= 4 is 5.91 Å². The van der Waals surface area contributed by atoms with E-state index in [1.54, 1.807) is 0 Å². The molecule has 0 bridgehead atoms. The predicted molar refractivity (Wildman–Crippen MR) is 77.8 cm³/mol. The summed E-state index contributed by atoms with van der Waals surface area (Å²) in [7, 11) is 0. The molecule has 0 aromatic carbocycles. The Hall–Kier alpha value is -0.610. The summed E-state index contributed by atoms with van der Waals surface area (Å²) in [6.45, 7) is 7.23. The van der Waals surface area contributed by atoms with Crippen LogP contribution in [0.4, 0.5) is 0 Å². The summed E-state index contributed by atoms with van der Waals surface area (Å²) in [5.74, 6) is 0.608. The molecule has 0 aromatic rings. The molecule has 1 saturated carbocycles. The Morgan fingerprint density at radius 2 is 2.00 bits per heavy atom. The third-order valence-electron chi connectivity index (χ3n) is 4.24. The normalized spacial score (nSPS) is 21.1. The minimum atomic E-state index is -0.128. The van der Waals surface area contributed by atoms with Gasteiger partial charge in [0.1, 0.15) is 0 Å². The Balaban J connectivity index is 2.29. The van der Waals surface area contributed by atoms with Crippen molar-refractivity contribution in [3.8, 4) is 0 Å². The lowest BCUT2D eigenvalue weighted by Gasteiger charge is -2.24. The van der Waals surface area contributed by atoms with Gasteiger partial charge < -0.3 is 15.8 Å². The van der Waals surface area contributed by atoms with Crippen molar-refractivity contribution in [1.82, 2.24) is 5.32 Å². The number of ether oxygens (including phenoxy) is 1. The summed E-state index contributed by atoms with van der Waals surface area (Å²) in [5, 5.41) is 2.98. The molecule has 0 saturated heterocycles. The van der Waals surface area contributed by atoms with Gasteiger partial charge in [-0.15, -0.1) is 0 Å². The van der Waals surface area contributed by atoms with Crippen LogP contribution in [0.25, 0.3) is 0 Å². The largest absolute Gasteiger partial charge is 0.378 e. The summed E-state index contributed by atoms with van der Waals surface area (Å²) < 4.78 is 5.84. The number of carbonyl (C=O) groups is 1. The number of hydrogen-bond acceptors (Lipinski definition) is 3. The van der Waals surface area contributed by atoms with Crippen molar-refractivity contribution < 1.29 is 9.53 Å². The summed E-state index contributed by atoms with van der Waals surface area (Å²) in [6, 6.07) is -0.0995. The highest BCUT2D eigenvalue weighted by Crippen LogP contribution is 2.30. The maximum atomic E-state index is 11.8. The second-order valence-corrected chi connectivity index (χ2v) is 5.77. The van der Waals surface area contributed by atoms with Crippen LogP contribution in [-0.4, -0.2) is 31.2 Å². The van der Waals surface area contributed by atoms with E-state index in [2.05, 4.69) is 5.32 Å². The second kappa shape index (κ2) is 8.54. The molecule has 0 radical (unpaired) electrons. The summed E-state index contributed by atoms with van der Waals surface area (Å²) in [6.07, 6.45) is 6.41. The zero-order chi connectivity index (χ0) is 14.3. The highest BCUT2D eigenvalue weighted by atomic mass is 16.5. The van der Waals surface area contributed by atoms with Crippen LogP contribution in [-0.2, 0) is 9.53 Å². The maximum absolute atomic E-state index is 11.8. The zero-order valence-electron chi connectivity index (χ0n) is 12.7. The van der Waals surface area contributed by atoms with Gasteiger partial charge in [-0.25, -0.2) is 0 Å². The molecule has 0 aromatic heterocycles. The van der Waals surface area contributed by atoms with Crippen LogP contribution >= 0.6 is 0 Å². The number of nitrogens with two attached hydrogens (primary N) is 1. The van der Waals surface area contributed by atoms with Crippen molar-refractivity contribution in [3.05, 3.63) is 0 Å². The first-order valence-corrected chi connectivity index (χ1v) is 7.71. The highest BCUT2D eigenvalue weighted by molar-refractivity contribution is 5.78. The SMILES string of the molecule is CCOC(CCNC(=O)C(C)C(C)N)C1CCCC1. The number of nitrogens with one attached hydrogen (secondary N) is 1. The first-order chi connectivity index (χ1) is 9.06. The van der Waals surface area contributed by atoms with Crippen molar-refractivity contribution in [2.45, 2.75) is 65.0 Å². The maximum Gasteiger partial charge on any atom is 0.224 e. The van der Waals surface area contributed by atoms with Gasteiger partial charge in [-0.2, -0.15) is 0 Å². The lowest BCUT2D eigenvalue weighted by Crippen LogP contribution is -2.40. The first-order valence-electron chi connectivity index (χ1n) is 7.71. The van der Waals surface area contributed by atoms with E-state index in [1.165, 1.54) is 25.7 Å². The number of hydrogen-bond donors (Lipinski definition) is 2. The fraction of sp³-hybridized carbons (Fsp3) is 0.933. The topological polar surface area (TPSA) is 64.3 Å². The predicted octanol–water partition coefficient (Wildman–Crippen LogP) is 2.07. The minimum Gasteiger partial charge on any atom is -0.378 e. The van der Waals surface area contributed by atoms with Crippen LogP contribution in [0.5, 0.6) is 0 Å². The molecule has 0 spiro atoms. The molecule has 112 valence electrons. The molecule has 1 rings (SSSR count). The molecule has 19 heavy (non-hydrogen) atoms. The fourth-order valence-corrected chi connectivity index (χ4v) is 2.74. The molecule has 0 heterocycles. The summed E-state index contributed by atoms with van der Waals surface area (Å²) >= 11 is 0. The molecular formula is C15H30N2O2. The second-order valence-electron chi connectivity index (χ2n) is 5.77. The molecule has 0 aliphatic heterocycles. The van der Waals surface area contributed by atoms with Gasteiger partial charge in [0, 0.05) is 25.1 Å². The van der Waals surface area contributed by atoms with Crippen molar-refractivity contribution in [1.29, 1.82) is 0 Å². The molecule has 3 N–H and O–H groups in total. The molecule has 3 unspecified atom stereocenters. The van der Waals surface area contributed by atoms with Crippen molar-refractivity contribution in [2.75, 3.05) is 13.2 Å². The van der Waals surface area contributed by atoms with Crippen LogP contribution in [0, 0.1) is 11.8 Å². The third kappa shape index (κ3) is 5.49. The van der Waals surface area contributed by atoms with Crippen molar-refractivity contribution in [3.63, 3.8) is 0 Å². The first kappa shape index (κ1) is 16.4. The lowest BCUT2D eigenvalue weighted by molar-refractivity contribution is -0.125. The molecule has 1 aliphatic rings. The van der Waals surface area contributed by atoms with Crippen LogP contribution in [0.2, 0.25) is 0 Å². The van der Waals surface area contributed by atoms with Gasteiger partial charge in [0.2, 0.25) is 5.91 Å². The lowest BCUT2D eigenvalue weighted by atomic mass is 9.97. The molecule has 1 fully saturated rings. The monoisotopic (exact) mass is 270 g/mol. The average Bonchev–Trinajstić information content (AvgIpc) is 2.90. The van der Waals surface area contributed by atoms with Crippen LogP contribution in [0.1, 0.15) is 52.9 Å². The smallest absolute Gasteiger partial charge is 0.224 e. The van der Waals surface area contributed by atoms with Crippen LogP contribution < -0.4 is 11.1 Å². The standard InChI is InChI=1S/C15H30N2O2/c1-4-19-14(13-7-5-6-8-13)9-10-17-15(18)11(2)12(3)16/h11-14H,4-10,16H2,1-3H3,(H,17,18). The quantitative estimate of drug-likeness (QED) is 0.709. The average molecular weight is 270 g/mol. The van der Waals surface area contributed by atoms with E-state index < -0.39 is 0 Å². The molecule has 4 nitrogen and oxygen atoms in total. The molecule has 1 amide bonds. The molecule has 3 atom stereocenters. The Morgan fingerprint density at radius 3 is 2.53 bits per heavy atom. The third-order valence-corrected chi connectivity index (χ3v) is 4.24. The molecule has 4 heteroatoms. The van der Waals surface area contributed by atoms with Gasteiger partial charge in [0.25, 0.3) is 0 Å². The van der Waals surface area contributed by atoms with Crippen molar-refractivity contribution in [2.24, 2.45) is 17.6 Å². The molecule has 1 aliphatic carbocycles. The van der Waals surface area contributed by atoms with E-state index in [0.717, 1.165) is 13.0 Å². The van der Waals surface area contributed by atoms with E-state index in [9.17, 15) is 4.79 Å². The van der Waals surface area contributed by atoms with Gasteiger partial charge >= 0.3 is 0 Å². The van der Waals surface area contributed by atoms with E-state index in [-0.39, 0.29) is 17.9 Å². The van der Waals surface area contributed by atoms with E-state index >= 15 is 0 Å². The summed E-state index contributed by atoms with van der Waals surface area (Å²) in [5.41, 5.74) is 5.73.